The monoisotopic (exact) mass is 366 g/mol. The van der Waals surface area contributed by atoms with Crippen molar-refractivity contribution in [3.63, 3.8) is 0 Å². The molecule has 2 aromatic rings. The molecule has 1 unspecified atom stereocenters. The largest absolute Gasteiger partial charge is 0.487 e. The van der Waals surface area contributed by atoms with E-state index >= 15 is 0 Å². The highest BCUT2D eigenvalue weighted by atomic mass is 35.5. The van der Waals surface area contributed by atoms with Gasteiger partial charge in [0.15, 0.2) is 6.29 Å². The molecular weight excluding hydrogens is 348 g/mol. The molecule has 134 valence electrons. The lowest BCUT2D eigenvalue weighted by molar-refractivity contribution is -0.163. The summed E-state index contributed by atoms with van der Waals surface area (Å²) in [6, 6.07) is 8.71. The molecule has 1 heterocycles. The topological polar surface area (TPSA) is 79.8 Å². The van der Waals surface area contributed by atoms with Crippen LogP contribution in [0.4, 0.5) is 0 Å². The maximum Gasteiger partial charge on any atom is 0.318 e. The molecule has 0 saturated carbocycles. The number of para-hydroxylation sites is 1. The highest BCUT2D eigenvalue weighted by Gasteiger charge is 2.33. The molecule has 0 fully saturated rings. The minimum atomic E-state index is -0.814. The van der Waals surface area contributed by atoms with Gasteiger partial charge in [-0.3, -0.25) is 4.79 Å². The van der Waals surface area contributed by atoms with Gasteiger partial charge in [0.2, 0.25) is 0 Å². The Hall–Kier alpha value is -2.22. The van der Waals surface area contributed by atoms with Crippen LogP contribution in [0.3, 0.4) is 0 Å². The molecule has 7 nitrogen and oxygen atoms in total. The molecule has 0 N–H and O–H groups in total. The van der Waals surface area contributed by atoms with E-state index in [1.807, 2.05) is 0 Å². The van der Waals surface area contributed by atoms with E-state index in [4.69, 9.17) is 30.5 Å². The molecule has 0 saturated heterocycles. The zero-order valence-corrected chi connectivity index (χ0v) is 14.9. The predicted molar refractivity (Wildman–Crippen MR) is 90.4 cm³/mol. The van der Waals surface area contributed by atoms with Gasteiger partial charge in [0.05, 0.1) is 12.8 Å². The van der Waals surface area contributed by atoms with Crippen molar-refractivity contribution in [2.75, 3.05) is 21.3 Å². The fourth-order valence-corrected chi connectivity index (χ4v) is 2.52. The third-order valence-corrected chi connectivity index (χ3v) is 3.72. The average Bonchev–Trinajstić information content (AvgIpc) is 2.64. The van der Waals surface area contributed by atoms with Crippen LogP contribution in [0.15, 0.2) is 36.7 Å². The molecular formula is C17H19ClN2O5. The van der Waals surface area contributed by atoms with Crippen LogP contribution in [-0.2, 0) is 25.6 Å². The van der Waals surface area contributed by atoms with Crippen LogP contribution in [0, 0.1) is 0 Å². The van der Waals surface area contributed by atoms with Gasteiger partial charge in [-0.2, -0.15) is 0 Å². The van der Waals surface area contributed by atoms with Gasteiger partial charge in [-0.15, -0.1) is 0 Å². The third-order valence-electron chi connectivity index (χ3n) is 3.51. The SMILES string of the molecule is COC(=O)C(c1ccccc1OCc1cc(Cl)ncn1)C(OC)OC. The van der Waals surface area contributed by atoms with Crippen molar-refractivity contribution in [2.45, 2.75) is 18.8 Å². The highest BCUT2D eigenvalue weighted by molar-refractivity contribution is 6.29. The zero-order chi connectivity index (χ0) is 18.2. The lowest BCUT2D eigenvalue weighted by Crippen LogP contribution is -2.30. The van der Waals surface area contributed by atoms with Gasteiger partial charge in [0.1, 0.15) is 29.8 Å². The molecule has 8 heteroatoms. The van der Waals surface area contributed by atoms with Gasteiger partial charge >= 0.3 is 5.97 Å². The number of hydrogen-bond acceptors (Lipinski definition) is 7. The third kappa shape index (κ3) is 4.88. The van der Waals surface area contributed by atoms with Crippen LogP contribution >= 0.6 is 11.6 Å². The summed E-state index contributed by atoms with van der Waals surface area (Å²) < 4.78 is 21.2. The quantitative estimate of drug-likeness (QED) is 0.403. The number of methoxy groups -OCH3 is 3. The first-order valence-corrected chi connectivity index (χ1v) is 7.80. The number of rotatable bonds is 8. The standard InChI is InChI=1S/C17H19ClN2O5/c1-22-16(21)15(17(23-2)24-3)12-6-4-5-7-13(12)25-9-11-8-14(18)20-10-19-11/h4-8,10,15,17H,9H2,1-3H3. The smallest absolute Gasteiger partial charge is 0.318 e. The number of benzene rings is 1. The summed E-state index contributed by atoms with van der Waals surface area (Å²) in [6.45, 7) is 0.164. The number of ether oxygens (including phenoxy) is 4. The van der Waals surface area contributed by atoms with E-state index in [1.54, 1.807) is 30.3 Å². The molecule has 1 aromatic heterocycles. The van der Waals surface area contributed by atoms with Crippen LogP contribution in [0.5, 0.6) is 5.75 Å². The van der Waals surface area contributed by atoms with Crippen LogP contribution in [0.1, 0.15) is 17.2 Å². The Morgan fingerprint density at radius 1 is 1.16 bits per heavy atom. The lowest BCUT2D eigenvalue weighted by atomic mass is 9.97. The maximum absolute atomic E-state index is 12.3. The van der Waals surface area contributed by atoms with E-state index in [0.717, 1.165) is 0 Å². The minimum Gasteiger partial charge on any atom is -0.487 e. The normalized spacial score (nSPS) is 12.0. The fourth-order valence-electron chi connectivity index (χ4n) is 2.35. The van der Waals surface area contributed by atoms with Gasteiger partial charge in [-0.25, -0.2) is 9.97 Å². The molecule has 0 aliphatic heterocycles. The van der Waals surface area contributed by atoms with Crippen molar-refractivity contribution in [2.24, 2.45) is 0 Å². The second-order valence-electron chi connectivity index (χ2n) is 5.00. The summed E-state index contributed by atoms with van der Waals surface area (Å²) in [5.74, 6) is -0.799. The Morgan fingerprint density at radius 3 is 2.52 bits per heavy atom. The van der Waals surface area contributed by atoms with Crippen molar-refractivity contribution in [1.29, 1.82) is 0 Å². The molecule has 0 aliphatic rings. The molecule has 25 heavy (non-hydrogen) atoms. The number of carbonyl (C=O) groups excluding carboxylic acids is 1. The van der Waals surface area contributed by atoms with Gasteiger partial charge in [0, 0.05) is 25.8 Å². The maximum atomic E-state index is 12.3. The fraction of sp³-hybridized carbons (Fsp3) is 0.353. The Balaban J connectivity index is 2.29. The zero-order valence-electron chi connectivity index (χ0n) is 14.1. The first-order valence-electron chi connectivity index (χ1n) is 7.42. The molecule has 2 rings (SSSR count). The van der Waals surface area contributed by atoms with Crippen LogP contribution < -0.4 is 4.74 Å². The second-order valence-corrected chi connectivity index (χ2v) is 5.39. The first kappa shape index (κ1) is 19.1. The van der Waals surface area contributed by atoms with Crippen molar-refractivity contribution in [3.05, 3.63) is 53.1 Å². The van der Waals surface area contributed by atoms with Crippen molar-refractivity contribution in [3.8, 4) is 5.75 Å². The number of carbonyl (C=O) groups is 1. The first-order chi connectivity index (χ1) is 12.1. The van der Waals surface area contributed by atoms with E-state index in [9.17, 15) is 4.79 Å². The van der Waals surface area contributed by atoms with Crippen LogP contribution in [0.25, 0.3) is 0 Å². The molecule has 0 bridgehead atoms. The van der Waals surface area contributed by atoms with Crippen LogP contribution in [-0.4, -0.2) is 43.6 Å². The number of hydrogen-bond donors (Lipinski definition) is 0. The average molecular weight is 367 g/mol. The lowest BCUT2D eigenvalue weighted by Gasteiger charge is -2.24. The molecule has 0 spiro atoms. The van der Waals surface area contributed by atoms with Gasteiger partial charge in [0.25, 0.3) is 0 Å². The van der Waals surface area contributed by atoms with Gasteiger partial charge < -0.3 is 18.9 Å². The van der Waals surface area contributed by atoms with Crippen molar-refractivity contribution in [1.82, 2.24) is 9.97 Å². The molecule has 1 aromatic carbocycles. The summed E-state index contributed by atoms with van der Waals surface area (Å²) in [4.78, 5) is 20.2. The molecule has 0 aliphatic carbocycles. The minimum absolute atomic E-state index is 0.164. The van der Waals surface area contributed by atoms with Crippen LogP contribution in [0.2, 0.25) is 5.15 Å². The van der Waals surface area contributed by atoms with E-state index in [1.165, 1.54) is 27.7 Å². The Kier molecular flexibility index (Phi) is 7.12. The summed E-state index contributed by atoms with van der Waals surface area (Å²) in [6.07, 6.45) is 0.543. The molecule has 1 atom stereocenters. The van der Waals surface area contributed by atoms with Gasteiger partial charge in [-0.05, 0) is 6.07 Å². The summed E-state index contributed by atoms with van der Waals surface area (Å²) in [7, 11) is 4.22. The Morgan fingerprint density at radius 2 is 1.88 bits per heavy atom. The molecule has 0 radical (unpaired) electrons. The summed E-state index contributed by atoms with van der Waals surface area (Å²) >= 11 is 5.85. The summed E-state index contributed by atoms with van der Waals surface area (Å²) in [5.41, 5.74) is 1.20. The Bertz CT molecular complexity index is 709. The van der Waals surface area contributed by atoms with E-state index in [0.29, 0.717) is 22.2 Å². The number of aromatic nitrogens is 2. The van der Waals surface area contributed by atoms with Crippen molar-refractivity contribution >= 4 is 17.6 Å². The van der Waals surface area contributed by atoms with Gasteiger partial charge in [-0.1, -0.05) is 29.8 Å². The number of nitrogens with zero attached hydrogens (tertiary/aromatic N) is 2. The second kappa shape index (κ2) is 9.31. The predicted octanol–water partition coefficient (Wildman–Crippen LogP) is 2.58. The van der Waals surface area contributed by atoms with E-state index in [-0.39, 0.29) is 6.61 Å². The summed E-state index contributed by atoms with van der Waals surface area (Å²) in [5, 5.41) is 0.327. The van der Waals surface area contributed by atoms with Crippen molar-refractivity contribution < 1.29 is 23.7 Å². The number of esters is 1. The Labute approximate surface area is 150 Å². The number of halogens is 1. The highest BCUT2D eigenvalue weighted by Crippen LogP contribution is 2.32. The molecule has 0 amide bonds. The van der Waals surface area contributed by atoms with E-state index in [2.05, 4.69) is 9.97 Å². The van der Waals surface area contributed by atoms with E-state index < -0.39 is 18.2 Å².